The number of hydrogen-bond donors (Lipinski definition) is 2. The normalized spacial score (nSPS) is 10.4. The first kappa shape index (κ1) is 20.2. The lowest BCUT2D eigenvalue weighted by atomic mass is 9.98. The van der Waals surface area contributed by atoms with E-state index in [1.807, 2.05) is 30.3 Å². The molecule has 0 saturated carbocycles. The van der Waals surface area contributed by atoms with E-state index in [0.29, 0.717) is 17.7 Å². The Morgan fingerprint density at radius 3 is 2.28 bits per heavy atom. The molecule has 0 heterocycles. The summed E-state index contributed by atoms with van der Waals surface area (Å²) in [5, 5.41) is 5.17. The number of benzene rings is 3. The number of carbonyl (C=O) groups is 2. The van der Waals surface area contributed by atoms with Crippen LogP contribution in [0.1, 0.15) is 21.5 Å². The van der Waals surface area contributed by atoms with Crippen LogP contribution in [0.4, 0.5) is 8.78 Å². The Balaban J connectivity index is 1.59. The van der Waals surface area contributed by atoms with Crippen molar-refractivity contribution in [2.24, 2.45) is 0 Å². The number of amides is 2. The van der Waals surface area contributed by atoms with Gasteiger partial charge in [-0.25, -0.2) is 8.78 Å². The molecule has 0 aliphatic carbocycles. The second kappa shape index (κ2) is 9.10. The molecular weight excluding hydrogens is 374 g/mol. The highest BCUT2D eigenvalue weighted by Crippen LogP contribution is 2.27. The zero-order chi connectivity index (χ0) is 20.8. The molecule has 3 rings (SSSR count). The fourth-order valence-corrected chi connectivity index (χ4v) is 2.93. The van der Waals surface area contributed by atoms with Gasteiger partial charge in [0.2, 0.25) is 5.91 Å². The van der Waals surface area contributed by atoms with Gasteiger partial charge in [0, 0.05) is 17.7 Å². The lowest BCUT2D eigenvalue weighted by molar-refractivity contribution is -0.120. The Bertz CT molecular complexity index is 1040. The molecule has 0 aromatic heterocycles. The summed E-state index contributed by atoms with van der Waals surface area (Å²) in [6.45, 7) is 1.83. The van der Waals surface area contributed by atoms with Gasteiger partial charge >= 0.3 is 0 Å². The van der Waals surface area contributed by atoms with Crippen molar-refractivity contribution < 1.29 is 18.4 Å². The summed E-state index contributed by atoms with van der Waals surface area (Å²) in [7, 11) is 0. The molecule has 0 saturated heterocycles. The molecule has 3 aromatic carbocycles. The Hall–Kier alpha value is -3.54. The van der Waals surface area contributed by atoms with E-state index in [9.17, 15) is 18.4 Å². The third-order valence-electron chi connectivity index (χ3n) is 4.45. The van der Waals surface area contributed by atoms with Gasteiger partial charge in [-0.05, 0) is 47.9 Å². The smallest absolute Gasteiger partial charge is 0.251 e. The van der Waals surface area contributed by atoms with E-state index in [1.165, 1.54) is 30.3 Å². The SMILES string of the molecule is Cc1cc(F)ccc1-c1ccc(C(=O)NCC(=O)NCc2ccccc2)cc1F. The molecule has 0 aliphatic heterocycles. The molecule has 2 N–H and O–H groups in total. The highest BCUT2D eigenvalue weighted by Gasteiger charge is 2.13. The maximum atomic E-state index is 14.5. The molecule has 6 heteroatoms. The van der Waals surface area contributed by atoms with Crippen LogP contribution in [0, 0.1) is 18.6 Å². The molecule has 148 valence electrons. The molecule has 4 nitrogen and oxygen atoms in total. The number of halogens is 2. The Morgan fingerprint density at radius 1 is 0.862 bits per heavy atom. The van der Waals surface area contributed by atoms with Gasteiger partial charge in [-0.1, -0.05) is 42.5 Å². The summed E-state index contributed by atoms with van der Waals surface area (Å²) in [6, 6.07) is 17.5. The topological polar surface area (TPSA) is 58.2 Å². The van der Waals surface area contributed by atoms with Crippen molar-refractivity contribution >= 4 is 11.8 Å². The number of aryl methyl sites for hydroxylation is 1. The van der Waals surface area contributed by atoms with Crippen molar-refractivity contribution in [1.29, 1.82) is 0 Å². The largest absolute Gasteiger partial charge is 0.350 e. The number of rotatable bonds is 6. The van der Waals surface area contributed by atoms with Crippen molar-refractivity contribution in [3.63, 3.8) is 0 Å². The van der Waals surface area contributed by atoms with Crippen LogP contribution in [0.25, 0.3) is 11.1 Å². The first-order chi connectivity index (χ1) is 13.9. The second-order valence-corrected chi connectivity index (χ2v) is 6.60. The van der Waals surface area contributed by atoms with Gasteiger partial charge in [-0.3, -0.25) is 9.59 Å². The summed E-state index contributed by atoms with van der Waals surface area (Å²) < 4.78 is 27.8. The van der Waals surface area contributed by atoms with Crippen LogP contribution in [0.5, 0.6) is 0 Å². The lowest BCUT2D eigenvalue weighted by Crippen LogP contribution is -2.36. The van der Waals surface area contributed by atoms with Crippen molar-refractivity contribution in [3.8, 4) is 11.1 Å². The third-order valence-corrected chi connectivity index (χ3v) is 4.45. The van der Waals surface area contributed by atoms with Gasteiger partial charge in [-0.15, -0.1) is 0 Å². The fourth-order valence-electron chi connectivity index (χ4n) is 2.93. The monoisotopic (exact) mass is 394 g/mol. The Kier molecular flexibility index (Phi) is 6.34. The maximum Gasteiger partial charge on any atom is 0.251 e. The standard InChI is InChI=1S/C23H20F2N2O2/c1-15-11-18(24)8-10-19(15)20-9-7-17(12-21(20)25)23(29)27-14-22(28)26-13-16-5-3-2-4-6-16/h2-12H,13-14H2,1H3,(H,26,28)(H,27,29). The zero-order valence-electron chi connectivity index (χ0n) is 15.8. The molecular formula is C23H20F2N2O2. The molecule has 0 spiro atoms. The summed E-state index contributed by atoms with van der Waals surface area (Å²) in [5.74, 6) is -1.89. The van der Waals surface area contributed by atoms with E-state index in [1.54, 1.807) is 6.92 Å². The molecule has 0 atom stereocenters. The van der Waals surface area contributed by atoms with Crippen molar-refractivity contribution in [2.75, 3.05) is 6.54 Å². The third kappa shape index (κ3) is 5.25. The van der Waals surface area contributed by atoms with E-state index in [4.69, 9.17) is 0 Å². The van der Waals surface area contributed by atoms with Crippen molar-refractivity contribution in [1.82, 2.24) is 10.6 Å². The van der Waals surface area contributed by atoms with Crippen molar-refractivity contribution in [2.45, 2.75) is 13.5 Å². The summed E-state index contributed by atoms with van der Waals surface area (Å²) in [5.41, 5.74) is 2.47. The van der Waals surface area contributed by atoms with Crippen LogP contribution >= 0.6 is 0 Å². The minimum atomic E-state index is -0.596. The first-order valence-corrected chi connectivity index (χ1v) is 9.09. The van der Waals surface area contributed by atoms with Crippen LogP contribution < -0.4 is 10.6 Å². The fraction of sp³-hybridized carbons (Fsp3) is 0.130. The van der Waals surface area contributed by atoms with Gasteiger partial charge in [0.25, 0.3) is 5.91 Å². The minimum Gasteiger partial charge on any atom is -0.350 e. The number of hydrogen-bond acceptors (Lipinski definition) is 2. The Labute approximate surface area is 167 Å². The lowest BCUT2D eigenvalue weighted by Gasteiger charge is -2.10. The highest BCUT2D eigenvalue weighted by molar-refractivity contribution is 5.97. The van der Waals surface area contributed by atoms with Gasteiger partial charge in [0.05, 0.1) is 6.54 Å². The predicted molar refractivity (Wildman–Crippen MR) is 107 cm³/mol. The predicted octanol–water partition coefficient (Wildman–Crippen LogP) is 3.99. The number of carbonyl (C=O) groups excluding carboxylic acids is 2. The molecule has 29 heavy (non-hydrogen) atoms. The summed E-state index contributed by atoms with van der Waals surface area (Å²) in [4.78, 5) is 24.1. The summed E-state index contributed by atoms with van der Waals surface area (Å²) in [6.07, 6.45) is 0. The van der Waals surface area contributed by atoms with E-state index in [0.717, 1.165) is 11.6 Å². The highest BCUT2D eigenvalue weighted by atomic mass is 19.1. The maximum absolute atomic E-state index is 14.5. The van der Waals surface area contributed by atoms with E-state index >= 15 is 0 Å². The van der Waals surface area contributed by atoms with Crippen LogP contribution in [0.15, 0.2) is 66.7 Å². The average Bonchev–Trinajstić information content (AvgIpc) is 2.71. The van der Waals surface area contributed by atoms with Gasteiger partial charge in [0.15, 0.2) is 0 Å². The average molecular weight is 394 g/mol. The van der Waals surface area contributed by atoms with Crippen molar-refractivity contribution in [3.05, 3.63) is 95.1 Å². The first-order valence-electron chi connectivity index (χ1n) is 9.09. The van der Waals surface area contributed by atoms with Gasteiger partial charge in [-0.2, -0.15) is 0 Å². The number of nitrogens with one attached hydrogen (secondary N) is 2. The van der Waals surface area contributed by atoms with Crippen LogP contribution in [-0.2, 0) is 11.3 Å². The van der Waals surface area contributed by atoms with E-state index in [-0.39, 0.29) is 23.6 Å². The Morgan fingerprint density at radius 2 is 1.59 bits per heavy atom. The van der Waals surface area contributed by atoms with Crippen LogP contribution in [0.2, 0.25) is 0 Å². The molecule has 0 bridgehead atoms. The quantitative estimate of drug-likeness (QED) is 0.664. The van der Waals surface area contributed by atoms with Gasteiger partial charge < -0.3 is 10.6 Å². The zero-order valence-corrected chi connectivity index (χ0v) is 15.8. The van der Waals surface area contributed by atoms with Crippen LogP contribution in [-0.4, -0.2) is 18.4 Å². The van der Waals surface area contributed by atoms with Crippen LogP contribution in [0.3, 0.4) is 0 Å². The molecule has 2 amide bonds. The minimum absolute atomic E-state index is 0.0990. The molecule has 3 aromatic rings. The molecule has 0 unspecified atom stereocenters. The molecule has 0 aliphatic rings. The molecule has 0 radical (unpaired) electrons. The van der Waals surface area contributed by atoms with Gasteiger partial charge in [0.1, 0.15) is 11.6 Å². The van der Waals surface area contributed by atoms with E-state index < -0.39 is 17.5 Å². The molecule has 0 fully saturated rings. The second-order valence-electron chi connectivity index (χ2n) is 6.60. The van der Waals surface area contributed by atoms with E-state index in [2.05, 4.69) is 10.6 Å². The summed E-state index contributed by atoms with van der Waals surface area (Å²) >= 11 is 0.